The summed E-state index contributed by atoms with van der Waals surface area (Å²) < 4.78 is 44.7. The van der Waals surface area contributed by atoms with Crippen molar-refractivity contribution >= 4 is 0 Å². The summed E-state index contributed by atoms with van der Waals surface area (Å²) in [4.78, 5) is 8.86. The zero-order chi connectivity index (χ0) is 17.0. The van der Waals surface area contributed by atoms with Crippen molar-refractivity contribution in [2.45, 2.75) is 44.6 Å². The second-order valence-corrected chi connectivity index (χ2v) is 6.62. The molecule has 24 heavy (non-hydrogen) atoms. The van der Waals surface area contributed by atoms with Crippen LogP contribution in [0.25, 0.3) is 0 Å². The Morgan fingerprint density at radius 1 is 1.17 bits per heavy atom. The second-order valence-electron chi connectivity index (χ2n) is 6.62. The topological polar surface area (TPSA) is 33.5 Å². The van der Waals surface area contributed by atoms with E-state index in [1.807, 2.05) is 0 Å². The average Bonchev–Trinajstić information content (AvgIpc) is 2.95. The van der Waals surface area contributed by atoms with Crippen LogP contribution in [0.4, 0.5) is 13.2 Å². The number of halogens is 3. The van der Waals surface area contributed by atoms with Crippen LogP contribution in [0.15, 0.2) is 12.4 Å². The van der Waals surface area contributed by atoms with Gasteiger partial charge in [-0.05, 0) is 19.4 Å². The fraction of sp³-hybridized carbons (Fsp3) is 0.812. The fourth-order valence-electron chi connectivity index (χ4n) is 3.57. The minimum absolute atomic E-state index is 0.382. The van der Waals surface area contributed by atoms with Crippen molar-refractivity contribution in [2.24, 2.45) is 0 Å². The number of alkyl halides is 3. The number of rotatable bonds is 5. The SMILES string of the molecule is FC(F)(F)Cn1ccnc1CN1CCCC[C@@H]1CN1CCOCC1. The van der Waals surface area contributed by atoms with Gasteiger partial charge < -0.3 is 9.30 Å². The molecule has 0 radical (unpaired) electrons. The number of morpholine rings is 1. The zero-order valence-corrected chi connectivity index (χ0v) is 13.8. The lowest BCUT2D eigenvalue weighted by molar-refractivity contribution is -0.141. The number of imidazole rings is 1. The Morgan fingerprint density at radius 2 is 1.96 bits per heavy atom. The van der Waals surface area contributed by atoms with Gasteiger partial charge in [-0.15, -0.1) is 0 Å². The van der Waals surface area contributed by atoms with Crippen LogP contribution >= 0.6 is 0 Å². The molecule has 8 heteroatoms. The summed E-state index contributed by atoms with van der Waals surface area (Å²) in [7, 11) is 0. The van der Waals surface area contributed by atoms with Gasteiger partial charge in [-0.1, -0.05) is 6.42 Å². The van der Waals surface area contributed by atoms with Gasteiger partial charge in [0.2, 0.25) is 0 Å². The lowest BCUT2D eigenvalue weighted by atomic mass is 10.0. The molecule has 1 atom stereocenters. The van der Waals surface area contributed by atoms with Crippen LogP contribution in [0.1, 0.15) is 25.1 Å². The van der Waals surface area contributed by atoms with Gasteiger partial charge in [0.05, 0.1) is 19.8 Å². The highest BCUT2D eigenvalue weighted by Crippen LogP contribution is 2.22. The van der Waals surface area contributed by atoms with Crippen molar-refractivity contribution in [3.63, 3.8) is 0 Å². The molecule has 2 fully saturated rings. The van der Waals surface area contributed by atoms with Gasteiger partial charge in [-0.3, -0.25) is 9.80 Å². The Hall–Kier alpha value is -1.12. The van der Waals surface area contributed by atoms with Gasteiger partial charge in [-0.25, -0.2) is 4.98 Å². The summed E-state index contributed by atoms with van der Waals surface area (Å²) in [6.45, 7) is 4.81. The van der Waals surface area contributed by atoms with E-state index in [9.17, 15) is 13.2 Å². The molecular formula is C16H25F3N4O. The van der Waals surface area contributed by atoms with Crippen molar-refractivity contribution in [1.82, 2.24) is 19.4 Å². The molecule has 2 aliphatic heterocycles. The van der Waals surface area contributed by atoms with E-state index in [1.165, 1.54) is 23.4 Å². The molecule has 2 aliphatic rings. The maximum atomic E-state index is 12.7. The van der Waals surface area contributed by atoms with Gasteiger partial charge in [0.15, 0.2) is 0 Å². The van der Waals surface area contributed by atoms with E-state index in [0.717, 1.165) is 52.2 Å². The molecule has 0 N–H and O–H groups in total. The summed E-state index contributed by atoms with van der Waals surface area (Å²) in [5.74, 6) is 0.501. The second kappa shape index (κ2) is 7.84. The van der Waals surface area contributed by atoms with Crippen LogP contribution in [-0.4, -0.2) is 71.0 Å². The van der Waals surface area contributed by atoms with E-state index in [1.54, 1.807) is 0 Å². The van der Waals surface area contributed by atoms with Gasteiger partial charge in [0, 0.05) is 38.1 Å². The maximum Gasteiger partial charge on any atom is 0.406 e. The molecule has 3 rings (SSSR count). The molecule has 1 aromatic rings. The molecule has 5 nitrogen and oxygen atoms in total. The average molecular weight is 346 g/mol. The fourth-order valence-corrected chi connectivity index (χ4v) is 3.57. The van der Waals surface area contributed by atoms with Crippen molar-refractivity contribution in [2.75, 3.05) is 39.4 Å². The van der Waals surface area contributed by atoms with Gasteiger partial charge in [-0.2, -0.15) is 13.2 Å². The third-order valence-electron chi connectivity index (χ3n) is 4.82. The van der Waals surface area contributed by atoms with Gasteiger partial charge >= 0.3 is 6.18 Å². The van der Waals surface area contributed by atoms with E-state index >= 15 is 0 Å². The van der Waals surface area contributed by atoms with Crippen LogP contribution in [0, 0.1) is 0 Å². The first-order chi connectivity index (χ1) is 11.5. The van der Waals surface area contributed by atoms with E-state index in [-0.39, 0.29) is 0 Å². The zero-order valence-electron chi connectivity index (χ0n) is 13.8. The maximum absolute atomic E-state index is 12.7. The summed E-state index contributed by atoms with van der Waals surface area (Å²) in [6.07, 6.45) is 2.04. The Kier molecular flexibility index (Phi) is 5.78. The predicted octanol–water partition coefficient (Wildman–Crippen LogP) is 2.13. The Balaban J connectivity index is 1.62. The lowest BCUT2D eigenvalue weighted by Crippen LogP contribution is -2.49. The summed E-state index contributed by atoms with van der Waals surface area (Å²) in [5.41, 5.74) is 0. The number of nitrogens with zero attached hydrogens (tertiary/aromatic N) is 4. The highest BCUT2D eigenvalue weighted by Gasteiger charge is 2.30. The molecular weight excluding hydrogens is 321 g/mol. The molecule has 3 heterocycles. The van der Waals surface area contributed by atoms with Crippen LogP contribution in [0.5, 0.6) is 0 Å². The molecule has 0 unspecified atom stereocenters. The third kappa shape index (κ3) is 4.94. The van der Waals surface area contributed by atoms with Gasteiger partial charge in [0.1, 0.15) is 12.4 Å². The molecule has 1 aromatic heterocycles. The minimum atomic E-state index is -4.22. The monoisotopic (exact) mass is 346 g/mol. The summed E-state index contributed by atoms with van der Waals surface area (Å²) >= 11 is 0. The lowest BCUT2D eigenvalue weighted by Gasteiger charge is -2.39. The summed E-state index contributed by atoms with van der Waals surface area (Å²) in [6, 6.07) is 0.382. The number of hydrogen-bond donors (Lipinski definition) is 0. The first kappa shape index (κ1) is 17.7. The Bertz CT molecular complexity index is 514. The van der Waals surface area contributed by atoms with Crippen LogP contribution in [0.2, 0.25) is 0 Å². The van der Waals surface area contributed by atoms with Gasteiger partial charge in [0.25, 0.3) is 0 Å². The van der Waals surface area contributed by atoms with Crippen molar-refractivity contribution < 1.29 is 17.9 Å². The number of likely N-dealkylation sites (tertiary alicyclic amines) is 1. The molecule has 2 saturated heterocycles. The Labute approximate surface area is 140 Å². The van der Waals surface area contributed by atoms with Crippen molar-refractivity contribution in [3.8, 4) is 0 Å². The first-order valence-corrected chi connectivity index (χ1v) is 8.62. The number of hydrogen-bond acceptors (Lipinski definition) is 4. The Morgan fingerprint density at radius 3 is 2.71 bits per heavy atom. The van der Waals surface area contributed by atoms with Crippen molar-refractivity contribution in [3.05, 3.63) is 18.2 Å². The molecule has 0 spiro atoms. The van der Waals surface area contributed by atoms with Crippen LogP contribution in [0.3, 0.4) is 0 Å². The summed E-state index contributed by atoms with van der Waals surface area (Å²) in [5, 5.41) is 0. The highest BCUT2D eigenvalue weighted by molar-refractivity contribution is 4.95. The van der Waals surface area contributed by atoms with E-state index in [4.69, 9.17) is 4.74 Å². The largest absolute Gasteiger partial charge is 0.406 e. The molecule has 0 aliphatic carbocycles. The normalized spacial score (nSPS) is 24.4. The van der Waals surface area contributed by atoms with Crippen molar-refractivity contribution in [1.29, 1.82) is 0 Å². The smallest absolute Gasteiger partial charge is 0.379 e. The van der Waals surface area contributed by atoms with Crippen LogP contribution < -0.4 is 0 Å². The number of aromatic nitrogens is 2. The minimum Gasteiger partial charge on any atom is -0.379 e. The number of piperidine rings is 1. The first-order valence-electron chi connectivity index (χ1n) is 8.62. The molecule has 0 saturated carbocycles. The highest BCUT2D eigenvalue weighted by atomic mass is 19.4. The molecule has 0 amide bonds. The predicted molar refractivity (Wildman–Crippen MR) is 83.6 cm³/mol. The third-order valence-corrected chi connectivity index (χ3v) is 4.82. The van der Waals surface area contributed by atoms with E-state index in [0.29, 0.717) is 18.4 Å². The van der Waals surface area contributed by atoms with E-state index in [2.05, 4.69) is 14.8 Å². The number of ether oxygens (including phenoxy) is 1. The quantitative estimate of drug-likeness (QED) is 0.818. The molecule has 0 aromatic carbocycles. The van der Waals surface area contributed by atoms with Crippen LogP contribution in [-0.2, 0) is 17.8 Å². The molecule has 136 valence electrons. The molecule has 0 bridgehead atoms. The van der Waals surface area contributed by atoms with E-state index < -0.39 is 12.7 Å². The standard InChI is InChI=1S/C16H25F3N4O/c17-16(18,19)13-23-6-4-20-15(23)12-22-5-2-1-3-14(22)11-21-7-9-24-10-8-21/h4,6,14H,1-3,5,7-13H2/t14-/m1/s1.